The first-order valence-electron chi connectivity index (χ1n) is 8.71. The van der Waals surface area contributed by atoms with Crippen LogP contribution in [-0.2, 0) is 17.8 Å². The SMILES string of the molecule is CN(Cc1cc([N+](=O)[O-])ccc1Cl)C(=O)CCc1ncc(-c2ccccc2Cl)o1. The molecule has 1 aromatic heterocycles. The molecule has 3 rings (SSSR count). The number of benzene rings is 2. The minimum absolute atomic E-state index is 0.0721. The molecule has 0 saturated carbocycles. The number of hydrogen-bond acceptors (Lipinski definition) is 5. The molecule has 0 fully saturated rings. The van der Waals surface area contributed by atoms with Gasteiger partial charge in [-0.3, -0.25) is 14.9 Å². The monoisotopic (exact) mass is 433 g/mol. The average Bonchev–Trinajstić information content (AvgIpc) is 3.16. The third-order valence-electron chi connectivity index (χ3n) is 4.32. The van der Waals surface area contributed by atoms with Gasteiger partial charge in [-0.2, -0.15) is 0 Å². The second-order valence-electron chi connectivity index (χ2n) is 6.38. The summed E-state index contributed by atoms with van der Waals surface area (Å²) >= 11 is 12.3. The molecule has 0 N–H and O–H groups in total. The molecule has 0 saturated heterocycles. The maximum Gasteiger partial charge on any atom is 0.269 e. The van der Waals surface area contributed by atoms with E-state index in [4.69, 9.17) is 27.6 Å². The van der Waals surface area contributed by atoms with Crippen LogP contribution in [0.3, 0.4) is 0 Å². The predicted octanol–water partition coefficient (Wildman–Crippen LogP) is 5.15. The largest absolute Gasteiger partial charge is 0.441 e. The number of nitro groups is 1. The summed E-state index contributed by atoms with van der Waals surface area (Å²) in [5.41, 5.74) is 1.17. The average molecular weight is 434 g/mol. The number of amides is 1. The van der Waals surface area contributed by atoms with Crippen molar-refractivity contribution in [1.29, 1.82) is 0 Å². The first kappa shape index (κ1) is 20.8. The summed E-state index contributed by atoms with van der Waals surface area (Å²) in [5, 5.41) is 11.8. The normalized spacial score (nSPS) is 10.7. The zero-order valence-corrected chi connectivity index (χ0v) is 17.0. The lowest BCUT2D eigenvalue weighted by Gasteiger charge is -2.17. The number of aromatic nitrogens is 1. The van der Waals surface area contributed by atoms with Gasteiger partial charge in [0.05, 0.1) is 16.1 Å². The highest BCUT2D eigenvalue weighted by Gasteiger charge is 2.16. The molecule has 0 aliphatic carbocycles. The number of carbonyl (C=O) groups is 1. The van der Waals surface area contributed by atoms with E-state index in [9.17, 15) is 14.9 Å². The fourth-order valence-corrected chi connectivity index (χ4v) is 3.16. The second kappa shape index (κ2) is 9.07. The van der Waals surface area contributed by atoms with Crippen LogP contribution >= 0.6 is 23.2 Å². The Bertz CT molecular complexity index is 1050. The van der Waals surface area contributed by atoms with Gasteiger partial charge in [0, 0.05) is 49.2 Å². The molecule has 0 unspecified atom stereocenters. The maximum atomic E-state index is 12.4. The van der Waals surface area contributed by atoms with Crippen LogP contribution in [0.25, 0.3) is 11.3 Å². The van der Waals surface area contributed by atoms with Gasteiger partial charge in [0.25, 0.3) is 5.69 Å². The molecule has 0 bridgehead atoms. The number of halogens is 2. The van der Waals surface area contributed by atoms with Crippen molar-refractivity contribution >= 4 is 34.8 Å². The Kier molecular flexibility index (Phi) is 6.51. The third-order valence-corrected chi connectivity index (χ3v) is 5.02. The van der Waals surface area contributed by atoms with E-state index in [2.05, 4.69) is 4.98 Å². The fourth-order valence-electron chi connectivity index (χ4n) is 2.76. The van der Waals surface area contributed by atoms with E-state index in [0.717, 1.165) is 5.56 Å². The number of rotatable bonds is 7. The molecule has 0 aliphatic heterocycles. The van der Waals surface area contributed by atoms with Gasteiger partial charge in [-0.05, 0) is 23.8 Å². The lowest BCUT2D eigenvalue weighted by atomic mass is 10.2. The van der Waals surface area contributed by atoms with Crippen molar-refractivity contribution in [2.75, 3.05) is 7.05 Å². The lowest BCUT2D eigenvalue weighted by Crippen LogP contribution is -2.26. The summed E-state index contributed by atoms with van der Waals surface area (Å²) < 4.78 is 5.70. The van der Waals surface area contributed by atoms with Crippen LogP contribution in [-0.4, -0.2) is 27.8 Å². The minimum Gasteiger partial charge on any atom is -0.441 e. The van der Waals surface area contributed by atoms with Gasteiger partial charge in [-0.15, -0.1) is 0 Å². The molecule has 29 heavy (non-hydrogen) atoms. The van der Waals surface area contributed by atoms with Gasteiger partial charge in [-0.1, -0.05) is 35.3 Å². The van der Waals surface area contributed by atoms with Gasteiger partial charge in [0.1, 0.15) is 0 Å². The van der Waals surface area contributed by atoms with E-state index >= 15 is 0 Å². The Labute approximate surface area is 177 Å². The number of carbonyl (C=O) groups excluding carboxylic acids is 1. The lowest BCUT2D eigenvalue weighted by molar-refractivity contribution is -0.384. The van der Waals surface area contributed by atoms with Crippen LogP contribution in [0.4, 0.5) is 5.69 Å². The summed E-state index contributed by atoms with van der Waals surface area (Å²) in [6.07, 6.45) is 2.06. The predicted molar refractivity (Wildman–Crippen MR) is 110 cm³/mol. The van der Waals surface area contributed by atoms with E-state index < -0.39 is 4.92 Å². The third kappa shape index (κ3) is 5.13. The first-order valence-corrected chi connectivity index (χ1v) is 9.47. The second-order valence-corrected chi connectivity index (χ2v) is 7.20. The minimum atomic E-state index is -0.499. The Hall–Kier alpha value is -2.90. The van der Waals surface area contributed by atoms with Crippen LogP contribution in [0.15, 0.2) is 53.1 Å². The van der Waals surface area contributed by atoms with Crippen molar-refractivity contribution in [1.82, 2.24) is 9.88 Å². The molecule has 0 atom stereocenters. The molecule has 2 aromatic carbocycles. The van der Waals surface area contributed by atoms with Crippen LogP contribution in [0.5, 0.6) is 0 Å². The number of oxazole rings is 1. The highest BCUT2D eigenvalue weighted by atomic mass is 35.5. The Morgan fingerprint density at radius 2 is 1.97 bits per heavy atom. The summed E-state index contributed by atoms with van der Waals surface area (Å²) in [6, 6.07) is 11.4. The van der Waals surface area contributed by atoms with Crippen LogP contribution in [0.1, 0.15) is 17.9 Å². The van der Waals surface area contributed by atoms with Crippen molar-refractivity contribution in [2.24, 2.45) is 0 Å². The van der Waals surface area contributed by atoms with Crippen molar-refractivity contribution in [3.05, 3.63) is 80.3 Å². The highest BCUT2D eigenvalue weighted by Crippen LogP contribution is 2.28. The molecule has 9 heteroatoms. The molecular formula is C20H17Cl2N3O4. The highest BCUT2D eigenvalue weighted by molar-refractivity contribution is 6.33. The van der Waals surface area contributed by atoms with E-state index in [-0.39, 0.29) is 24.6 Å². The van der Waals surface area contributed by atoms with Crippen molar-refractivity contribution in [3.8, 4) is 11.3 Å². The summed E-state index contributed by atoms with van der Waals surface area (Å²) in [7, 11) is 1.61. The zero-order valence-electron chi connectivity index (χ0n) is 15.5. The number of non-ortho nitro benzene ring substituents is 1. The maximum absolute atomic E-state index is 12.4. The van der Waals surface area contributed by atoms with Crippen LogP contribution in [0, 0.1) is 10.1 Å². The smallest absolute Gasteiger partial charge is 0.269 e. The van der Waals surface area contributed by atoms with Crippen LogP contribution in [0.2, 0.25) is 10.0 Å². The molecule has 0 radical (unpaired) electrons. The molecule has 0 spiro atoms. The van der Waals surface area contributed by atoms with Gasteiger partial charge < -0.3 is 9.32 Å². The van der Waals surface area contributed by atoms with Crippen molar-refractivity contribution < 1.29 is 14.1 Å². The molecule has 3 aromatic rings. The van der Waals surface area contributed by atoms with Gasteiger partial charge in [-0.25, -0.2) is 4.98 Å². The fraction of sp³-hybridized carbons (Fsp3) is 0.200. The Balaban J connectivity index is 1.61. The molecule has 150 valence electrons. The zero-order chi connectivity index (χ0) is 21.0. The standard InChI is InChI=1S/C20H17Cl2N3O4/c1-24(12-13-10-14(25(27)28)6-7-16(13)21)20(26)9-8-19-23-11-18(29-19)15-4-2-3-5-17(15)22/h2-7,10-11H,8-9,12H2,1H3. The molecule has 7 nitrogen and oxygen atoms in total. The van der Waals surface area contributed by atoms with E-state index in [1.165, 1.54) is 23.1 Å². The summed E-state index contributed by atoms with van der Waals surface area (Å²) in [5.74, 6) is 0.801. The topological polar surface area (TPSA) is 89.5 Å². The van der Waals surface area contributed by atoms with Crippen LogP contribution < -0.4 is 0 Å². The van der Waals surface area contributed by atoms with E-state index in [1.54, 1.807) is 19.3 Å². The molecule has 0 aliphatic rings. The number of aryl methyl sites for hydroxylation is 1. The van der Waals surface area contributed by atoms with Crippen molar-refractivity contribution in [3.63, 3.8) is 0 Å². The van der Waals surface area contributed by atoms with Crippen molar-refractivity contribution in [2.45, 2.75) is 19.4 Å². The van der Waals surface area contributed by atoms with Gasteiger partial charge in [0.15, 0.2) is 11.7 Å². The Morgan fingerprint density at radius 3 is 2.69 bits per heavy atom. The molecule has 1 amide bonds. The molecular weight excluding hydrogens is 417 g/mol. The van der Waals surface area contributed by atoms with Gasteiger partial charge in [0.2, 0.25) is 5.91 Å². The summed E-state index contributed by atoms with van der Waals surface area (Å²) in [6.45, 7) is 0.163. The van der Waals surface area contributed by atoms with E-state index in [0.29, 0.717) is 33.7 Å². The summed E-state index contributed by atoms with van der Waals surface area (Å²) in [4.78, 5) is 28.5. The number of nitro benzene ring substituents is 1. The Morgan fingerprint density at radius 1 is 1.21 bits per heavy atom. The quantitative estimate of drug-likeness (QED) is 0.379. The first-order chi connectivity index (χ1) is 13.8. The van der Waals surface area contributed by atoms with Gasteiger partial charge >= 0.3 is 0 Å². The number of nitrogens with zero attached hydrogens (tertiary/aromatic N) is 3. The number of hydrogen-bond donors (Lipinski definition) is 0. The van der Waals surface area contributed by atoms with E-state index in [1.807, 2.05) is 18.2 Å². The molecule has 1 heterocycles.